The van der Waals surface area contributed by atoms with E-state index in [1.807, 2.05) is 37.3 Å². The maximum atomic E-state index is 10.9. The fourth-order valence-corrected chi connectivity index (χ4v) is 1.78. The Kier molecular flexibility index (Phi) is 4.50. The van der Waals surface area contributed by atoms with Gasteiger partial charge in [0.1, 0.15) is 0 Å². The van der Waals surface area contributed by atoms with E-state index in [2.05, 4.69) is 12.2 Å². The monoisotopic (exact) mass is 221 g/mol. The van der Waals surface area contributed by atoms with Crippen molar-refractivity contribution < 1.29 is 9.90 Å². The van der Waals surface area contributed by atoms with Crippen LogP contribution < -0.4 is 5.32 Å². The van der Waals surface area contributed by atoms with Crippen LogP contribution in [0.1, 0.15) is 32.3 Å². The van der Waals surface area contributed by atoms with Crippen LogP contribution in [-0.2, 0) is 10.3 Å². The van der Waals surface area contributed by atoms with Gasteiger partial charge in [-0.15, -0.1) is 0 Å². The van der Waals surface area contributed by atoms with Crippen LogP contribution in [0.3, 0.4) is 0 Å². The van der Waals surface area contributed by atoms with Crippen molar-refractivity contribution in [3.8, 4) is 0 Å². The second-order valence-electron chi connectivity index (χ2n) is 4.20. The van der Waals surface area contributed by atoms with Crippen molar-refractivity contribution in [3.63, 3.8) is 0 Å². The average molecular weight is 221 g/mol. The number of hydrogen-bond donors (Lipinski definition) is 2. The lowest BCUT2D eigenvalue weighted by atomic mass is 9.88. The SMILES string of the molecule is CCCNC(C)(CC(=O)O)c1ccccc1. The summed E-state index contributed by atoms with van der Waals surface area (Å²) in [5.74, 6) is -0.782. The second kappa shape index (κ2) is 5.66. The molecule has 1 rings (SSSR count). The summed E-state index contributed by atoms with van der Waals surface area (Å²) in [6.07, 6.45) is 1.08. The first-order chi connectivity index (χ1) is 7.58. The van der Waals surface area contributed by atoms with Gasteiger partial charge in [-0.25, -0.2) is 0 Å². The summed E-state index contributed by atoms with van der Waals surface area (Å²) < 4.78 is 0. The molecule has 0 aliphatic heterocycles. The van der Waals surface area contributed by atoms with Crippen LogP contribution in [0.25, 0.3) is 0 Å². The number of nitrogens with one attached hydrogen (secondary N) is 1. The molecule has 1 unspecified atom stereocenters. The van der Waals surface area contributed by atoms with E-state index in [9.17, 15) is 4.79 Å². The minimum Gasteiger partial charge on any atom is -0.481 e. The summed E-state index contributed by atoms with van der Waals surface area (Å²) in [4.78, 5) is 10.9. The van der Waals surface area contributed by atoms with Gasteiger partial charge in [0, 0.05) is 0 Å². The Bertz CT molecular complexity index is 337. The molecule has 1 aromatic rings. The van der Waals surface area contributed by atoms with Gasteiger partial charge in [0.15, 0.2) is 0 Å². The van der Waals surface area contributed by atoms with Crippen molar-refractivity contribution in [2.75, 3.05) is 6.54 Å². The molecule has 1 atom stereocenters. The summed E-state index contributed by atoms with van der Waals surface area (Å²) in [6, 6.07) is 9.73. The van der Waals surface area contributed by atoms with Crippen molar-refractivity contribution in [1.29, 1.82) is 0 Å². The fourth-order valence-electron chi connectivity index (χ4n) is 1.78. The average Bonchev–Trinajstić information content (AvgIpc) is 2.27. The van der Waals surface area contributed by atoms with E-state index in [-0.39, 0.29) is 6.42 Å². The van der Waals surface area contributed by atoms with Gasteiger partial charge in [-0.05, 0) is 25.5 Å². The van der Waals surface area contributed by atoms with Crippen LogP contribution >= 0.6 is 0 Å². The Labute approximate surface area is 96.5 Å². The summed E-state index contributed by atoms with van der Waals surface area (Å²) in [5, 5.41) is 12.3. The van der Waals surface area contributed by atoms with E-state index < -0.39 is 11.5 Å². The van der Waals surface area contributed by atoms with Gasteiger partial charge in [0.2, 0.25) is 0 Å². The van der Waals surface area contributed by atoms with Gasteiger partial charge in [-0.1, -0.05) is 37.3 Å². The van der Waals surface area contributed by atoms with E-state index >= 15 is 0 Å². The molecule has 16 heavy (non-hydrogen) atoms. The molecule has 0 radical (unpaired) electrons. The molecular weight excluding hydrogens is 202 g/mol. The highest BCUT2D eigenvalue weighted by atomic mass is 16.4. The number of benzene rings is 1. The predicted octanol–water partition coefficient (Wildman–Crippen LogP) is 2.38. The lowest BCUT2D eigenvalue weighted by Gasteiger charge is -2.30. The Balaban J connectivity index is 2.90. The van der Waals surface area contributed by atoms with Gasteiger partial charge in [-0.2, -0.15) is 0 Å². The van der Waals surface area contributed by atoms with E-state index in [0.717, 1.165) is 18.5 Å². The number of rotatable bonds is 6. The number of carboxylic acid groups (broad SMARTS) is 1. The molecular formula is C13H19NO2. The van der Waals surface area contributed by atoms with Crippen molar-refractivity contribution in [1.82, 2.24) is 5.32 Å². The van der Waals surface area contributed by atoms with Crippen molar-refractivity contribution in [2.45, 2.75) is 32.2 Å². The molecule has 88 valence electrons. The zero-order valence-corrected chi connectivity index (χ0v) is 9.86. The van der Waals surface area contributed by atoms with Gasteiger partial charge >= 0.3 is 5.97 Å². The molecule has 3 nitrogen and oxygen atoms in total. The Morgan fingerprint density at radius 3 is 2.50 bits per heavy atom. The van der Waals surface area contributed by atoms with Crippen LogP contribution in [-0.4, -0.2) is 17.6 Å². The molecule has 0 amide bonds. The van der Waals surface area contributed by atoms with E-state index in [0.29, 0.717) is 0 Å². The summed E-state index contributed by atoms with van der Waals surface area (Å²) >= 11 is 0. The summed E-state index contributed by atoms with van der Waals surface area (Å²) in [6.45, 7) is 4.82. The first-order valence-electron chi connectivity index (χ1n) is 5.61. The smallest absolute Gasteiger partial charge is 0.305 e. The molecule has 0 aromatic heterocycles. The number of aliphatic carboxylic acids is 1. The van der Waals surface area contributed by atoms with Crippen LogP contribution in [0, 0.1) is 0 Å². The van der Waals surface area contributed by atoms with Crippen molar-refractivity contribution in [3.05, 3.63) is 35.9 Å². The molecule has 0 saturated carbocycles. The maximum absolute atomic E-state index is 10.9. The molecule has 0 aliphatic rings. The first-order valence-corrected chi connectivity index (χ1v) is 5.61. The Hall–Kier alpha value is -1.35. The highest BCUT2D eigenvalue weighted by Gasteiger charge is 2.28. The first kappa shape index (κ1) is 12.7. The standard InChI is InChI=1S/C13H19NO2/c1-3-9-14-13(2,10-12(15)16)11-7-5-4-6-8-11/h4-8,14H,3,9-10H2,1-2H3,(H,15,16). The van der Waals surface area contributed by atoms with Gasteiger partial charge in [0.25, 0.3) is 0 Å². The van der Waals surface area contributed by atoms with E-state index in [1.54, 1.807) is 0 Å². The quantitative estimate of drug-likeness (QED) is 0.775. The van der Waals surface area contributed by atoms with Crippen molar-refractivity contribution >= 4 is 5.97 Å². The highest BCUT2D eigenvalue weighted by molar-refractivity contribution is 5.68. The number of hydrogen-bond acceptors (Lipinski definition) is 2. The molecule has 0 aliphatic carbocycles. The largest absolute Gasteiger partial charge is 0.481 e. The molecule has 0 spiro atoms. The third kappa shape index (κ3) is 3.35. The fraction of sp³-hybridized carbons (Fsp3) is 0.462. The van der Waals surface area contributed by atoms with Gasteiger partial charge < -0.3 is 10.4 Å². The maximum Gasteiger partial charge on any atom is 0.305 e. The highest BCUT2D eigenvalue weighted by Crippen LogP contribution is 2.24. The Morgan fingerprint density at radius 2 is 2.00 bits per heavy atom. The number of carboxylic acids is 1. The van der Waals surface area contributed by atoms with Crippen LogP contribution in [0.15, 0.2) is 30.3 Å². The van der Waals surface area contributed by atoms with Crippen molar-refractivity contribution in [2.24, 2.45) is 0 Å². The third-order valence-electron chi connectivity index (χ3n) is 2.68. The minimum atomic E-state index is -0.782. The summed E-state index contributed by atoms with van der Waals surface area (Å²) in [5.41, 5.74) is 0.536. The Morgan fingerprint density at radius 1 is 1.38 bits per heavy atom. The van der Waals surface area contributed by atoms with Crippen LogP contribution in [0.5, 0.6) is 0 Å². The normalized spacial score (nSPS) is 14.4. The lowest BCUT2D eigenvalue weighted by molar-refractivity contribution is -0.138. The molecule has 2 N–H and O–H groups in total. The van der Waals surface area contributed by atoms with Gasteiger partial charge in [-0.3, -0.25) is 4.79 Å². The molecule has 0 bridgehead atoms. The second-order valence-corrected chi connectivity index (χ2v) is 4.20. The molecule has 3 heteroatoms. The topological polar surface area (TPSA) is 49.3 Å². The zero-order chi connectivity index (χ0) is 12.0. The van der Waals surface area contributed by atoms with Gasteiger partial charge in [0.05, 0.1) is 12.0 Å². The zero-order valence-electron chi connectivity index (χ0n) is 9.86. The summed E-state index contributed by atoms with van der Waals surface area (Å²) in [7, 11) is 0. The van der Waals surface area contributed by atoms with E-state index in [1.165, 1.54) is 0 Å². The minimum absolute atomic E-state index is 0.0943. The molecule has 0 saturated heterocycles. The van der Waals surface area contributed by atoms with E-state index in [4.69, 9.17) is 5.11 Å². The van der Waals surface area contributed by atoms with Crippen LogP contribution in [0.4, 0.5) is 0 Å². The van der Waals surface area contributed by atoms with Crippen LogP contribution in [0.2, 0.25) is 0 Å². The third-order valence-corrected chi connectivity index (χ3v) is 2.68. The molecule has 0 fully saturated rings. The number of carbonyl (C=O) groups is 1. The lowest BCUT2D eigenvalue weighted by Crippen LogP contribution is -2.41. The molecule has 0 heterocycles. The molecule has 1 aromatic carbocycles. The predicted molar refractivity (Wildman–Crippen MR) is 64.3 cm³/mol.